The lowest BCUT2D eigenvalue weighted by Gasteiger charge is -2.24. The third-order valence-corrected chi connectivity index (χ3v) is 7.65. The van der Waals surface area contributed by atoms with Crippen molar-refractivity contribution in [2.75, 3.05) is 44.2 Å². The number of nitrogens with zero attached hydrogens (tertiary/aromatic N) is 4. The normalized spacial score (nSPS) is 34.3. The summed E-state index contributed by atoms with van der Waals surface area (Å²) in [6.45, 7) is 7.94. The van der Waals surface area contributed by atoms with Crippen LogP contribution in [0.25, 0.3) is 0 Å². The fourth-order valence-corrected chi connectivity index (χ4v) is 5.99. The predicted molar refractivity (Wildman–Crippen MR) is 110 cm³/mol. The zero-order chi connectivity index (χ0) is 18.6. The molecule has 28 heavy (non-hydrogen) atoms. The van der Waals surface area contributed by atoms with Crippen molar-refractivity contribution >= 4 is 5.82 Å². The molecule has 4 heterocycles. The number of aromatic nitrogens is 2. The molecule has 5 heteroatoms. The molecular formula is C23H29N5. The number of hydrogen-bond acceptors (Lipinski definition) is 5. The van der Waals surface area contributed by atoms with Crippen molar-refractivity contribution in [1.29, 1.82) is 0 Å². The molecule has 4 fully saturated rings. The smallest absolute Gasteiger partial charge is 0.147 e. The van der Waals surface area contributed by atoms with Crippen LogP contribution in [0.3, 0.4) is 0 Å². The van der Waals surface area contributed by atoms with Gasteiger partial charge in [-0.2, -0.15) is 0 Å². The third-order valence-electron chi connectivity index (χ3n) is 7.65. The van der Waals surface area contributed by atoms with E-state index in [4.69, 9.17) is 9.97 Å². The van der Waals surface area contributed by atoms with Gasteiger partial charge in [0, 0.05) is 38.1 Å². The van der Waals surface area contributed by atoms with Gasteiger partial charge in [-0.3, -0.25) is 9.88 Å². The second-order valence-corrected chi connectivity index (χ2v) is 9.38. The number of likely N-dealkylation sites (tertiary alicyclic amines) is 1. The standard InChI is InChI=1S/C23H29N5/c1-2-4-19(5-3-1)23-8-20(23)14-28(16-23)22-11-25-21(10-26-22)15-27-12-17-6-7-24-9-18(17)13-27/h1-5,10-11,17-18,20,24H,6-9,12-16H2/t17-,18+,20-,23+/m0/s1. The Morgan fingerprint density at radius 3 is 2.75 bits per heavy atom. The highest BCUT2D eigenvalue weighted by Crippen LogP contribution is 2.59. The van der Waals surface area contributed by atoms with Gasteiger partial charge in [0.05, 0.1) is 18.1 Å². The van der Waals surface area contributed by atoms with Gasteiger partial charge in [-0.05, 0) is 49.2 Å². The summed E-state index contributed by atoms with van der Waals surface area (Å²) in [6, 6.07) is 11.0. The molecule has 2 aromatic rings. The molecule has 4 atom stereocenters. The first-order valence-electron chi connectivity index (χ1n) is 10.8. The molecule has 1 aromatic carbocycles. The molecule has 0 amide bonds. The molecule has 1 aromatic heterocycles. The van der Waals surface area contributed by atoms with Gasteiger partial charge in [-0.1, -0.05) is 30.3 Å². The van der Waals surface area contributed by atoms with Crippen LogP contribution in [0.1, 0.15) is 24.1 Å². The van der Waals surface area contributed by atoms with E-state index in [-0.39, 0.29) is 0 Å². The number of piperidine rings is 2. The summed E-state index contributed by atoms with van der Waals surface area (Å²) in [5.41, 5.74) is 2.97. The van der Waals surface area contributed by atoms with Crippen LogP contribution >= 0.6 is 0 Å². The molecule has 6 rings (SSSR count). The van der Waals surface area contributed by atoms with E-state index in [9.17, 15) is 0 Å². The van der Waals surface area contributed by atoms with Crippen molar-refractivity contribution in [2.45, 2.75) is 24.8 Å². The summed E-state index contributed by atoms with van der Waals surface area (Å²) in [5.74, 6) is 3.52. The first-order chi connectivity index (χ1) is 13.8. The number of anilines is 1. The Bertz CT molecular complexity index is 824. The second-order valence-electron chi connectivity index (χ2n) is 9.38. The summed E-state index contributed by atoms with van der Waals surface area (Å²) in [6.07, 6.45) is 6.66. The molecule has 1 aliphatic carbocycles. The van der Waals surface area contributed by atoms with Crippen molar-refractivity contribution in [1.82, 2.24) is 20.2 Å². The van der Waals surface area contributed by atoms with Gasteiger partial charge in [0.25, 0.3) is 0 Å². The van der Waals surface area contributed by atoms with E-state index in [1.54, 1.807) is 0 Å². The van der Waals surface area contributed by atoms with Gasteiger partial charge >= 0.3 is 0 Å². The molecule has 146 valence electrons. The zero-order valence-electron chi connectivity index (χ0n) is 16.4. The monoisotopic (exact) mass is 375 g/mol. The predicted octanol–water partition coefficient (Wildman–Crippen LogP) is 2.30. The van der Waals surface area contributed by atoms with Crippen LogP contribution in [-0.2, 0) is 12.0 Å². The molecule has 0 spiro atoms. The maximum Gasteiger partial charge on any atom is 0.147 e. The topological polar surface area (TPSA) is 44.3 Å². The highest BCUT2D eigenvalue weighted by molar-refractivity contribution is 5.48. The highest BCUT2D eigenvalue weighted by atomic mass is 15.2. The van der Waals surface area contributed by atoms with Gasteiger partial charge in [-0.25, -0.2) is 4.98 Å². The SMILES string of the molecule is c1ccc([C@]23C[C@H]2CN(c2cnc(CN4C[C@H]5CNCC[C@H]5C4)cn2)C3)cc1. The number of fused-ring (bicyclic) bond motifs is 2. The summed E-state index contributed by atoms with van der Waals surface area (Å²) in [5, 5.41) is 3.54. The van der Waals surface area contributed by atoms with E-state index >= 15 is 0 Å². The van der Waals surface area contributed by atoms with E-state index < -0.39 is 0 Å². The largest absolute Gasteiger partial charge is 0.354 e. The van der Waals surface area contributed by atoms with Crippen LogP contribution in [-0.4, -0.2) is 54.1 Å². The van der Waals surface area contributed by atoms with Gasteiger partial charge in [0.15, 0.2) is 0 Å². The molecule has 0 unspecified atom stereocenters. The Kier molecular flexibility index (Phi) is 3.95. The Morgan fingerprint density at radius 1 is 1.04 bits per heavy atom. The second kappa shape index (κ2) is 6.53. The van der Waals surface area contributed by atoms with Crippen molar-refractivity contribution in [3.05, 3.63) is 54.0 Å². The summed E-state index contributed by atoms with van der Waals surface area (Å²) >= 11 is 0. The van der Waals surface area contributed by atoms with Crippen molar-refractivity contribution < 1.29 is 0 Å². The van der Waals surface area contributed by atoms with Crippen LogP contribution in [0.5, 0.6) is 0 Å². The van der Waals surface area contributed by atoms with Gasteiger partial charge in [-0.15, -0.1) is 0 Å². The number of rotatable bonds is 4. The molecule has 3 aliphatic heterocycles. The Labute approximate surface area is 167 Å². The van der Waals surface area contributed by atoms with Gasteiger partial charge in [0.1, 0.15) is 5.82 Å². The van der Waals surface area contributed by atoms with Crippen molar-refractivity contribution in [3.63, 3.8) is 0 Å². The number of hydrogen-bond donors (Lipinski definition) is 1. The summed E-state index contributed by atoms with van der Waals surface area (Å²) < 4.78 is 0. The van der Waals surface area contributed by atoms with E-state index in [0.717, 1.165) is 48.9 Å². The Hall–Kier alpha value is -1.98. The minimum absolute atomic E-state index is 0.363. The minimum Gasteiger partial charge on any atom is -0.354 e. The lowest BCUT2D eigenvalue weighted by Crippen LogP contribution is -2.35. The molecule has 0 radical (unpaired) electrons. The van der Waals surface area contributed by atoms with Gasteiger partial charge < -0.3 is 10.2 Å². The van der Waals surface area contributed by atoms with Crippen LogP contribution < -0.4 is 10.2 Å². The molecule has 3 saturated heterocycles. The molecular weight excluding hydrogens is 346 g/mol. The maximum absolute atomic E-state index is 4.80. The van der Waals surface area contributed by atoms with Crippen molar-refractivity contribution in [2.24, 2.45) is 17.8 Å². The summed E-state index contributed by atoms with van der Waals surface area (Å²) in [7, 11) is 0. The fourth-order valence-electron chi connectivity index (χ4n) is 5.99. The molecule has 4 aliphatic rings. The highest BCUT2D eigenvalue weighted by Gasteiger charge is 2.60. The molecule has 1 saturated carbocycles. The van der Waals surface area contributed by atoms with Crippen LogP contribution in [0.4, 0.5) is 5.82 Å². The summed E-state index contributed by atoms with van der Waals surface area (Å²) in [4.78, 5) is 14.6. The third kappa shape index (κ3) is 2.83. The van der Waals surface area contributed by atoms with Crippen LogP contribution in [0.2, 0.25) is 0 Å². The lowest BCUT2D eigenvalue weighted by molar-refractivity contribution is 0.309. The van der Waals surface area contributed by atoms with E-state index in [1.165, 1.54) is 44.6 Å². The molecule has 5 nitrogen and oxygen atoms in total. The minimum atomic E-state index is 0.363. The fraction of sp³-hybridized carbons (Fsp3) is 0.565. The van der Waals surface area contributed by atoms with Crippen LogP contribution in [0, 0.1) is 17.8 Å². The van der Waals surface area contributed by atoms with Gasteiger partial charge in [0.2, 0.25) is 0 Å². The number of nitrogens with one attached hydrogen (secondary N) is 1. The van der Waals surface area contributed by atoms with E-state index in [2.05, 4.69) is 45.4 Å². The zero-order valence-corrected chi connectivity index (χ0v) is 16.4. The number of benzene rings is 1. The lowest BCUT2D eigenvalue weighted by atomic mass is 9.90. The average molecular weight is 376 g/mol. The average Bonchev–Trinajstić information content (AvgIpc) is 3.09. The quantitative estimate of drug-likeness (QED) is 0.888. The maximum atomic E-state index is 4.80. The Morgan fingerprint density at radius 2 is 1.93 bits per heavy atom. The van der Waals surface area contributed by atoms with Crippen LogP contribution in [0.15, 0.2) is 42.7 Å². The Balaban J connectivity index is 1.10. The first kappa shape index (κ1) is 16.9. The molecule has 1 N–H and O–H groups in total. The molecule has 0 bridgehead atoms. The van der Waals surface area contributed by atoms with E-state index in [0.29, 0.717) is 5.41 Å². The van der Waals surface area contributed by atoms with Crippen molar-refractivity contribution in [3.8, 4) is 0 Å². The van der Waals surface area contributed by atoms with E-state index in [1.807, 2.05) is 12.4 Å². The first-order valence-corrected chi connectivity index (χ1v) is 10.8.